The molecule has 5 nitrogen and oxygen atoms in total. The fourth-order valence-corrected chi connectivity index (χ4v) is 1.47. The maximum Gasteiger partial charge on any atom is 0.178 e. The monoisotopic (exact) mass is 240 g/mol. The SMILES string of the molecule is O=C([O-])c1nc2nc[nH]c2cc1Br. The first kappa shape index (κ1) is 8.18. The number of hydrogen-bond donors (Lipinski definition) is 1. The quantitative estimate of drug-likeness (QED) is 0.766. The van der Waals surface area contributed by atoms with Gasteiger partial charge in [0.15, 0.2) is 5.65 Å². The van der Waals surface area contributed by atoms with Crippen LogP contribution < -0.4 is 5.11 Å². The third-order valence-electron chi connectivity index (χ3n) is 1.56. The van der Waals surface area contributed by atoms with Gasteiger partial charge in [0.1, 0.15) is 5.69 Å². The summed E-state index contributed by atoms with van der Waals surface area (Å²) in [5.41, 5.74) is 0.902. The van der Waals surface area contributed by atoms with Crippen LogP contribution in [-0.2, 0) is 0 Å². The number of hydrogen-bond acceptors (Lipinski definition) is 4. The zero-order chi connectivity index (χ0) is 9.42. The molecule has 0 aliphatic carbocycles. The van der Waals surface area contributed by atoms with Crippen molar-refractivity contribution in [1.29, 1.82) is 0 Å². The summed E-state index contributed by atoms with van der Waals surface area (Å²) in [5.74, 6) is -1.32. The van der Waals surface area contributed by atoms with Crippen LogP contribution in [0, 0.1) is 0 Å². The Labute approximate surface area is 80.9 Å². The maximum absolute atomic E-state index is 10.5. The minimum Gasteiger partial charge on any atom is -0.543 e. The number of nitrogens with zero attached hydrogens (tertiary/aromatic N) is 2. The lowest BCUT2D eigenvalue weighted by Gasteiger charge is -2.02. The summed E-state index contributed by atoms with van der Waals surface area (Å²) in [6.07, 6.45) is 1.45. The van der Waals surface area contributed by atoms with Crippen molar-refractivity contribution in [2.24, 2.45) is 0 Å². The number of aromatic nitrogens is 3. The largest absolute Gasteiger partial charge is 0.543 e. The Morgan fingerprint density at radius 2 is 2.38 bits per heavy atom. The van der Waals surface area contributed by atoms with Crippen LogP contribution >= 0.6 is 15.9 Å². The summed E-state index contributed by atoms with van der Waals surface area (Å²) in [5, 5.41) is 10.5. The Hall–Kier alpha value is -1.43. The third-order valence-corrected chi connectivity index (χ3v) is 2.16. The molecule has 6 heteroatoms. The second-order valence-electron chi connectivity index (χ2n) is 2.38. The summed E-state index contributed by atoms with van der Waals surface area (Å²) < 4.78 is 0.379. The number of fused-ring (bicyclic) bond motifs is 1. The van der Waals surface area contributed by atoms with E-state index < -0.39 is 5.97 Å². The minimum absolute atomic E-state index is 0.139. The molecule has 0 bridgehead atoms. The van der Waals surface area contributed by atoms with Crippen LogP contribution in [0.15, 0.2) is 16.9 Å². The lowest BCUT2D eigenvalue weighted by molar-refractivity contribution is -0.255. The molecule has 13 heavy (non-hydrogen) atoms. The van der Waals surface area contributed by atoms with Crippen molar-refractivity contribution in [2.75, 3.05) is 0 Å². The molecule has 0 radical (unpaired) electrons. The van der Waals surface area contributed by atoms with E-state index in [-0.39, 0.29) is 5.69 Å². The number of imidazole rings is 1. The number of H-pyrrole nitrogens is 1. The minimum atomic E-state index is -1.32. The van der Waals surface area contributed by atoms with Crippen molar-refractivity contribution in [3.05, 3.63) is 22.6 Å². The Kier molecular flexibility index (Phi) is 1.77. The zero-order valence-corrected chi connectivity index (χ0v) is 7.83. The zero-order valence-electron chi connectivity index (χ0n) is 6.24. The Morgan fingerprint density at radius 1 is 1.62 bits per heavy atom. The van der Waals surface area contributed by atoms with Gasteiger partial charge in [-0.05, 0) is 22.0 Å². The summed E-state index contributed by atoms with van der Waals surface area (Å²) in [6.45, 7) is 0. The average molecular weight is 241 g/mol. The lowest BCUT2D eigenvalue weighted by Crippen LogP contribution is -2.24. The van der Waals surface area contributed by atoms with E-state index in [0.29, 0.717) is 15.6 Å². The Balaban J connectivity index is 2.76. The van der Waals surface area contributed by atoms with Crippen molar-refractivity contribution >= 4 is 33.1 Å². The molecule has 0 aromatic carbocycles. The predicted octanol–water partition coefficient (Wildman–Crippen LogP) is 0.0839. The molecule has 0 spiro atoms. The second kappa shape index (κ2) is 2.81. The summed E-state index contributed by atoms with van der Waals surface area (Å²) in [4.78, 5) is 21.0. The number of halogens is 1. The van der Waals surface area contributed by atoms with E-state index in [9.17, 15) is 9.90 Å². The Morgan fingerprint density at radius 3 is 3.08 bits per heavy atom. The highest BCUT2D eigenvalue weighted by Crippen LogP contribution is 2.18. The summed E-state index contributed by atoms with van der Waals surface area (Å²) in [6, 6.07) is 1.60. The van der Waals surface area contributed by atoms with Gasteiger partial charge in [-0.3, -0.25) is 0 Å². The molecule has 0 aliphatic heterocycles. The second-order valence-corrected chi connectivity index (χ2v) is 3.23. The molecule has 66 valence electrons. The van der Waals surface area contributed by atoms with Gasteiger partial charge in [0.2, 0.25) is 0 Å². The summed E-state index contributed by atoms with van der Waals surface area (Å²) >= 11 is 3.07. The van der Waals surface area contributed by atoms with Gasteiger partial charge in [0.25, 0.3) is 0 Å². The molecule has 0 aliphatic rings. The molecule has 0 amide bonds. The van der Waals surface area contributed by atoms with Gasteiger partial charge in [0, 0.05) is 4.47 Å². The first-order chi connectivity index (χ1) is 6.18. The van der Waals surface area contributed by atoms with E-state index in [2.05, 4.69) is 30.9 Å². The molecule has 0 saturated carbocycles. The van der Waals surface area contributed by atoms with Gasteiger partial charge < -0.3 is 14.9 Å². The topological polar surface area (TPSA) is 81.7 Å². The normalized spacial score (nSPS) is 10.5. The van der Waals surface area contributed by atoms with E-state index in [1.807, 2.05) is 0 Å². The van der Waals surface area contributed by atoms with E-state index >= 15 is 0 Å². The van der Waals surface area contributed by atoms with Crippen LogP contribution in [0.25, 0.3) is 11.2 Å². The standard InChI is InChI=1S/C7H4BrN3O2/c8-3-1-4-6(10-2-9-4)11-5(3)7(12)13/h1-2H,(H,12,13)(H,9,10,11)/p-1. The molecule has 2 rings (SSSR count). The van der Waals surface area contributed by atoms with Gasteiger partial charge in [-0.25, -0.2) is 9.97 Å². The van der Waals surface area contributed by atoms with Crippen LogP contribution in [0.5, 0.6) is 0 Å². The number of carboxylic acid groups (broad SMARTS) is 1. The Bertz CT molecular complexity index is 480. The van der Waals surface area contributed by atoms with Crippen LogP contribution in [-0.4, -0.2) is 20.9 Å². The van der Waals surface area contributed by atoms with Crippen molar-refractivity contribution in [3.63, 3.8) is 0 Å². The van der Waals surface area contributed by atoms with Gasteiger partial charge in [-0.2, -0.15) is 0 Å². The van der Waals surface area contributed by atoms with Crippen LogP contribution in [0.4, 0.5) is 0 Å². The summed E-state index contributed by atoms with van der Waals surface area (Å²) in [7, 11) is 0. The highest BCUT2D eigenvalue weighted by molar-refractivity contribution is 9.10. The van der Waals surface area contributed by atoms with Crippen molar-refractivity contribution in [3.8, 4) is 0 Å². The molecule has 0 fully saturated rings. The molecule has 0 unspecified atom stereocenters. The van der Waals surface area contributed by atoms with Crippen LogP contribution in [0.3, 0.4) is 0 Å². The number of aromatic carboxylic acids is 1. The molecule has 2 aromatic heterocycles. The van der Waals surface area contributed by atoms with E-state index in [1.54, 1.807) is 6.07 Å². The molecule has 2 aromatic rings. The fraction of sp³-hybridized carbons (Fsp3) is 0. The average Bonchev–Trinajstić information content (AvgIpc) is 2.48. The number of nitrogens with one attached hydrogen (secondary N) is 1. The lowest BCUT2D eigenvalue weighted by atomic mass is 10.3. The fourth-order valence-electron chi connectivity index (χ4n) is 0.990. The molecular weight excluding hydrogens is 238 g/mol. The van der Waals surface area contributed by atoms with Gasteiger partial charge in [-0.15, -0.1) is 0 Å². The molecule has 0 saturated heterocycles. The van der Waals surface area contributed by atoms with Crippen molar-refractivity contribution in [2.45, 2.75) is 0 Å². The number of rotatable bonds is 1. The van der Waals surface area contributed by atoms with Gasteiger partial charge in [-0.1, -0.05) is 0 Å². The molecule has 2 heterocycles. The highest BCUT2D eigenvalue weighted by Gasteiger charge is 2.06. The maximum atomic E-state index is 10.5. The van der Waals surface area contributed by atoms with Crippen molar-refractivity contribution < 1.29 is 9.90 Å². The van der Waals surface area contributed by atoms with Crippen molar-refractivity contribution in [1.82, 2.24) is 15.0 Å². The van der Waals surface area contributed by atoms with E-state index in [1.165, 1.54) is 6.33 Å². The molecule has 0 atom stereocenters. The molecular formula is C7H3BrN3O2-. The third kappa shape index (κ3) is 1.29. The smallest absolute Gasteiger partial charge is 0.178 e. The van der Waals surface area contributed by atoms with Crippen LogP contribution in [0.2, 0.25) is 0 Å². The van der Waals surface area contributed by atoms with Gasteiger partial charge in [0.05, 0.1) is 17.8 Å². The predicted molar refractivity (Wildman–Crippen MR) is 45.9 cm³/mol. The molecule has 1 N–H and O–H groups in total. The highest BCUT2D eigenvalue weighted by atomic mass is 79.9. The van der Waals surface area contributed by atoms with E-state index in [0.717, 1.165) is 0 Å². The number of carbonyl (C=O) groups is 1. The first-order valence-electron chi connectivity index (χ1n) is 3.39. The van der Waals surface area contributed by atoms with E-state index in [4.69, 9.17) is 0 Å². The van der Waals surface area contributed by atoms with Crippen LogP contribution in [0.1, 0.15) is 10.5 Å². The number of carboxylic acids is 1. The number of carbonyl (C=O) groups excluding carboxylic acids is 1. The first-order valence-corrected chi connectivity index (χ1v) is 4.19. The van der Waals surface area contributed by atoms with Gasteiger partial charge >= 0.3 is 0 Å². The number of aromatic amines is 1. The number of pyridine rings is 1.